The highest BCUT2D eigenvalue weighted by atomic mass is 16.7. The maximum Gasteiger partial charge on any atom is 0.189 e. The molecular weight excluding hydrogens is 288 g/mol. The molecule has 0 aliphatic carbocycles. The molecule has 0 rings (SSSR count). The zero-order valence-corrected chi connectivity index (χ0v) is 12.1. The second-order valence-corrected chi connectivity index (χ2v) is 4.78. The van der Waals surface area contributed by atoms with Crippen molar-refractivity contribution in [2.24, 2.45) is 0 Å². The lowest BCUT2D eigenvalue weighted by atomic mass is 10.3. The van der Waals surface area contributed by atoms with Gasteiger partial charge < -0.3 is 44.8 Å². The minimum Gasteiger partial charge on any atom is -0.394 e. The van der Waals surface area contributed by atoms with Gasteiger partial charge in [-0.3, -0.25) is 0 Å². The molecule has 9 nitrogen and oxygen atoms in total. The van der Waals surface area contributed by atoms with E-state index in [-0.39, 0.29) is 26.4 Å². The van der Waals surface area contributed by atoms with Gasteiger partial charge in [0.05, 0.1) is 39.6 Å². The molecule has 0 radical (unpaired) electrons. The lowest BCUT2D eigenvalue weighted by Gasteiger charge is -2.31. The van der Waals surface area contributed by atoms with Crippen molar-refractivity contribution in [2.75, 3.05) is 46.2 Å². The van der Waals surface area contributed by atoms with E-state index in [4.69, 9.17) is 34.6 Å². The summed E-state index contributed by atoms with van der Waals surface area (Å²) in [5, 5.41) is 53.8. The number of rotatable bonds is 13. The van der Waals surface area contributed by atoms with Crippen LogP contribution in [0.4, 0.5) is 0 Å². The summed E-state index contributed by atoms with van der Waals surface area (Å²) in [4.78, 5) is 0. The van der Waals surface area contributed by atoms with Crippen molar-refractivity contribution in [2.45, 2.75) is 31.0 Å². The van der Waals surface area contributed by atoms with E-state index in [0.29, 0.717) is 0 Å². The lowest BCUT2D eigenvalue weighted by molar-refractivity contribution is -0.269. The molecule has 128 valence electrons. The van der Waals surface area contributed by atoms with Crippen LogP contribution in [-0.4, -0.2) is 101 Å². The third-order valence-electron chi connectivity index (χ3n) is 2.47. The normalized spacial score (nSPS) is 19.0. The molecule has 0 aromatic heterocycles. The molecular formula is C12H26O9. The van der Waals surface area contributed by atoms with Gasteiger partial charge in [-0.2, -0.15) is 0 Å². The Kier molecular flexibility index (Phi) is 11.0. The standard InChI is InChI=1S/C12H26O9/c1-12(20-6-10(17)3-14,21-7-11(18)4-15)8-19-5-9(16)2-13/h9-11,13-18H,2-8H2,1H3. The molecule has 0 aromatic carbocycles. The van der Waals surface area contributed by atoms with E-state index >= 15 is 0 Å². The van der Waals surface area contributed by atoms with Crippen molar-refractivity contribution in [3.63, 3.8) is 0 Å². The van der Waals surface area contributed by atoms with Crippen LogP contribution in [0.25, 0.3) is 0 Å². The van der Waals surface area contributed by atoms with E-state index in [1.807, 2.05) is 0 Å². The summed E-state index contributed by atoms with van der Waals surface area (Å²) in [5.41, 5.74) is 0. The molecule has 0 amide bonds. The topological polar surface area (TPSA) is 149 Å². The average molecular weight is 314 g/mol. The molecule has 0 bridgehead atoms. The molecule has 6 N–H and O–H groups in total. The Balaban J connectivity index is 4.36. The van der Waals surface area contributed by atoms with Crippen LogP contribution < -0.4 is 0 Å². The fraction of sp³-hybridized carbons (Fsp3) is 1.00. The second-order valence-electron chi connectivity index (χ2n) is 4.78. The molecule has 0 saturated heterocycles. The Morgan fingerprint density at radius 1 is 0.762 bits per heavy atom. The van der Waals surface area contributed by atoms with E-state index in [9.17, 15) is 10.2 Å². The van der Waals surface area contributed by atoms with Crippen LogP contribution in [0.2, 0.25) is 0 Å². The third kappa shape index (κ3) is 10.1. The molecule has 0 spiro atoms. The molecule has 0 aliphatic rings. The molecule has 0 fully saturated rings. The summed E-state index contributed by atoms with van der Waals surface area (Å²) < 4.78 is 15.7. The first-order valence-electron chi connectivity index (χ1n) is 6.59. The Labute approximate surface area is 123 Å². The first kappa shape index (κ1) is 20.6. The minimum atomic E-state index is -1.36. The lowest BCUT2D eigenvalue weighted by Crippen LogP contribution is -2.43. The summed E-state index contributed by atoms with van der Waals surface area (Å²) >= 11 is 0. The Bertz CT molecular complexity index is 237. The van der Waals surface area contributed by atoms with Crippen molar-refractivity contribution >= 4 is 0 Å². The molecule has 9 heteroatoms. The largest absolute Gasteiger partial charge is 0.394 e. The third-order valence-corrected chi connectivity index (χ3v) is 2.47. The smallest absolute Gasteiger partial charge is 0.189 e. The summed E-state index contributed by atoms with van der Waals surface area (Å²) in [5.74, 6) is -1.36. The van der Waals surface area contributed by atoms with Gasteiger partial charge in [-0.15, -0.1) is 0 Å². The van der Waals surface area contributed by atoms with E-state index < -0.39 is 43.9 Å². The molecule has 21 heavy (non-hydrogen) atoms. The van der Waals surface area contributed by atoms with Gasteiger partial charge in [-0.05, 0) is 6.92 Å². The van der Waals surface area contributed by atoms with Crippen LogP contribution in [-0.2, 0) is 14.2 Å². The Morgan fingerprint density at radius 2 is 1.14 bits per heavy atom. The minimum absolute atomic E-state index is 0.149. The zero-order chi connectivity index (χ0) is 16.3. The summed E-state index contributed by atoms with van der Waals surface area (Å²) in [6, 6.07) is 0. The van der Waals surface area contributed by atoms with Crippen LogP contribution in [0.15, 0.2) is 0 Å². The van der Waals surface area contributed by atoms with E-state index in [1.54, 1.807) is 0 Å². The summed E-state index contributed by atoms with van der Waals surface area (Å²) in [6.45, 7) is -0.706. The molecule has 0 aromatic rings. The first-order valence-corrected chi connectivity index (χ1v) is 6.59. The fourth-order valence-corrected chi connectivity index (χ4v) is 1.21. The van der Waals surface area contributed by atoms with Gasteiger partial charge in [0.25, 0.3) is 0 Å². The van der Waals surface area contributed by atoms with Gasteiger partial charge in [0, 0.05) is 0 Å². The zero-order valence-electron chi connectivity index (χ0n) is 12.1. The molecule has 0 heterocycles. The number of ether oxygens (including phenoxy) is 3. The van der Waals surface area contributed by atoms with Crippen molar-refractivity contribution in [3.05, 3.63) is 0 Å². The maximum atomic E-state index is 9.26. The first-order chi connectivity index (χ1) is 9.86. The molecule has 0 aliphatic heterocycles. The van der Waals surface area contributed by atoms with Crippen LogP contribution in [0, 0.1) is 0 Å². The van der Waals surface area contributed by atoms with Gasteiger partial charge in [-0.1, -0.05) is 0 Å². The molecule has 3 atom stereocenters. The van der Waals surface area contributed by atoms with E-state index in [1.165, 1.54) is 6.92 Å². The van der Waals surface area contributed by atoms with Crippen molar-refractivity contribution in [3.8, 4) is 0 Å². The van der Waals surface area contributed by atoms with Crippen LogP contribution in [0.1, 0.15) is 6.92 Å². The SMILES string of the molecule is CC(COCC(O)CO)(OCC(O)CO)OCC(O)CO. The number of aliphatic hydroxyl groups is 6. The molecule has 0 saturated carbocycles. The van der Waals surface area contributed by atoms with Gasteiger partial charge in [-0.25, -0.2) is 0 Å². The fourth-order valence-electron chi connectivity index (χ4n) is 1.21. The van der Waals surface area contributed by atoms with Gasteiger partial charge in [0.1, 0.15) is 24.9 Å². The van der Waals surface area contributed by atoms with Crippen molar-refractivity contribution < 1.29 is 44.8 Å². The van der Waals surface area contributed by atoms with Crippen LogP contribution in [0.5, 0.6) is 0 Å². The van der Waals surface area contributed by atoms with Crippen molar-refractivity contribution in [1.82, 2.24) is 0 Å². The molecule has 3 unspecified atom stereocenters. The van der Waals surface area contributed by atoms with Crippen LogP contribution in [0.3, 0.4) is 0 Å². The number of hydrogen-bond donors (Lipinski definition) is 6. The van der Waals surface area contributed by atoms with Gasteiger partial charge in [0.2, 0.25) is 0 Å². The monoisotopic (exact) mass is 314 g/mol. The quantitative estimate of drug-likeness (QED) is 0.193. The Morgan fingerprint density at radius 3 is 1.52 bits per heavy atom. The predicted octanol–water partition coefficient (Wildman–Crippen LogP) is -3.19. The highest BCUT2D eigenvalue weighted by molar-refractivity contribution is 4.67. The number of aliphatic hydroxyl groups excluding tert-OH is 6. The van der Waals surface area contributed by atoms with Gasteiger partial charge >= 0.3 is 0 Å². The highest BCUT2D eigenvalue weighted by Crippen LogP contribution is 2.15. The highest BCUT2D eigenvalue weighted by Gasteiger charge is 2.29. The van der Waals surface area contributed by atoms with Crippen LogP contribution >= 0.6 is 0 Å². The predicted molar refractivity (Wildman–Crippen MR) is 70.4 cm³/mol. The van der Waals surface area contributed by atoms with Crippen molar-refractivity contribution in [1.29, 1.82) is 0 Å². The summed E-state index contributed by atoms with van der Waals surface area (Å²) in [6.07, 6.45) is -3.24. The van der Waals surface area contributed by atoms with E-state index in [0.717, 1.165) is 0 Å². The van der Waals surface area contributed by atoms with E-state index in [2.05, 4.69) is 0 Å². The maximum absolute atomic E-state index is 9.26. The average Bonchev–Trinajstić information content (AvgIpc) is 2.50. The second kappa shape index (κ2) is 11.2. The van der Waals surface area contributed by atoms with Gasteiger partial charge in [0.15, 0.2) is 5.79 Å². The number of hydrogen-bond acceptors (Lipinski definition) is 9. The Hall–Kier alpha value is -0.360. The summed E-state index contributed by atoms with van der Waals surface area (Å²) in [7, 11) is 0.